The topological polar surface area (TPSA) is 67.1 Å². The Morgan fingerprint density at radius 1 is 1.42 bits per heavy atom. The van der Waals surface area contributed by atoms with E-state index < -0.39 is 0 Å². The third-order valence-corrected chi connectivity index (χ3v) is 5.41. The molecule has 3 rings (SSSR count). The van der Waals surface area contributed by atoms with Crippen molar-refractivity contribution in [2.24, 2.45) is 10.4 Å². The number of nitrogens with zero attached hydrogens (tertiary/aromatic N) is 2. The lowest BCUT2D eigenvalue weighted by atomic mass is 9.86. The second-order valence-corrected chi connectivity index (χ2v) is 6.95. The van der Waals surface area contributed by atoms with Gasteiger partial charge < -0.3 is 19.4 Å². The molecule has 0 unspecified atom stereocenters. The van der Waals surface area contributed by atoms with Gasteiger partial charge in [0.25, 0.3) is 0 Å². The van der Waals surface area contributed by atoms with Crippen LogP contribution < -0.4 is 5.32 Å². The van der Waals surface area contributed by atoms with Gasteiger partial charge in [0.15, 0.2) is 5.96 Å². The van der Waals surface area contributed by atoms with Crippen LogP contribution in [0, 0.1) is 12.3 Å². The summed E-state index contributed by atoms with van der Waals surface area (Å²) in [5, 5.41) is 3.36. The molecule has 0 amide bonds. The predicted molar refractivity (Wildman–Crippen MR) is 92.1 cm³/mol. The van der Waals surface area contributed by atoms with Crippen LogP contribution in [0.25, 0.3) is 0 Å². The van der Waals surface area contributed by atoms with Crippen molar-refractivity contribution in [3.05, 3.63) is 23.2 Å². The van der Waals surface area contributed by atoms with Gasteiger partial charge in [-0.1, -0.05) is 12.8 Å². The zero-order valence-electron chi connectivity index (χ0n) is 14.9. The summed E-state index contributed by atoms with van der Waals surface area (Å²) < 4.78 is 10.4. The Balaban J connectivity index is 1.60. The molecule has 1 spiro atoms. The monoisotopic (exact) mass is 333 g/mol. The van der Waals surface area contributed by atoms with Gasteiger partial charge in [0.1, 0.15) is 17.1 Å². The van der Waals surface area contributed by atoms with Crippen LogP contribution in [0.5, 0.6) is 0 Å². The molecule has 2 fully saturated rings. The fraction of sp³-hybridized carbons (Fsp3) is 0.667. The van der Waals surface area contributed by atoms with Gasteiger partial charge in [0.2, 0.25) is 0 Å². The second-order valence-electron chi connectivity index (χ2n) is 6.95. The highest BCUT2D eigenvalue weighted by atomic mass is 16.5. The molecule has 2 aliphatic rings. The minimum Gasteiger partial charge on any atom is -0.465 e. The molecule has 1 saturated heterocycles. The number of aryl methyl sites for hydroxylation is 1. The standard InChI is InChI=1S/C18H27N3O3/c1-13-15(16(22)23-3)10-14(24-13)11-20-17(19-2)21-9-8-18(12-21)6-4-5-7-18/h10H,4-9,11-12H2,1-3H3,(H,19,20). The van der Waals surface area contributed by atoms with E-state index in [0.29, 0.717) is 29.0 Å². The molecular formula is C18H27N3O3. The van der Waals surface area contributed by atoms with Gasteiger partial charge in [-0.2, -0.15) is 0 Å². The van der Waals surface area contributed by atoms with Crippen molar-refractivity contribution >= 4 is 11.9 Å². The lowest BCUT2D eigenvalue weighted by Crippen LogP contribution is -2.40. The molecule has 132 valence electrons. The average molecular weight is 333 g/mol. The maximum Gasteiger partial charge on any atom is 0.341 e. The lowest BCUT2D eigenvalue weighted by Gasteiger charge is -2.25. The quantitative estimate of drug-likeness (QED) is 0.523. The number of hydrogen-bond donors (Lipinski definition) is 1. The fourth-order valence-corrected chi connectivity index (χ4v) is 4.09. The number of aliphatic imine (C=N–C) groups is 1. The molecule has 1 aromatic heterocycles. The Kier molecular flexibility index (Phi) is 4.83. The van der Waals surface area contributed by atoms with Crippen LogP contribution >= 0.6 is 0 Å². The summed E-state index contributed by atoms with van der Waals surface area (Å²) in [5.41, 5.74) is 0.993. The SMILES string of the molecule is CN=C(NCc1cc(C(=O)OC)c(C)o1)N1CCC2(CCCC2)C1. The summed E-state index contributed by atoms with van der Waals surface area (Å²) in [5.74, 6) is 1.84. The van der Waals surface area contributed by atoms with Gasteiger partial charge in [0.05, 0.1) is 13.7 Å². The van der Waals surface area contributed by atoms with Crippen LogP contribution in [0.3, 0.4) is 0 Å². The highest BCUT2D eigenvalue weighted by Crippen LogP contribution is 2.45. The number of ether oxygens (including phenoxy) is 1. The smallest absolute Gasteiger partial charge is 0.341 e. The van der Waals surface area contributed by atoms with Crippen LogP contribution in [0.15, 0.2) is 15.5 Å². The molecule has 0 radical (unpaired) electrons. The first kappa shape index (κ1) is 16.9. The van der Waals surface area contributed by atoms with Gasteiger partial charge in [0, 0.05) is 20.1 Å². The molecule has 1 N–H and O–H groups in total. The maximum absolute atomic E-state index is 11.7. The summed E-state index contributed by atoms with van der Waals surface area (Å²) in [6.45, 7) is 4.43. The average Bonchev–Trinajstić information content (AvgIpc) is 3.30. The van der Waals surface area contributed by atoms with E-state index in [1.165, 1.54) is 39.2 Å². The molecule has 1 aromatic rings. The number of guanidine groups is 1. The molecule has 0 bridgehead atoms. The third kappa shape index (κ3) is 3.28. The Morgan fingerprint density at radius 3 is 2.83 bits per heavy atom. The predicted octanol–water partition coefficient (Wildman–Crippen LogP) is 2.72. The van der Waals surface area contributed by atoms with Crippen molar-refractivity contribution in [1.82, 2.24) is 10.2 Å². The van der Waals surface area contributed by atoms with E-state index in [1.807, 2.05) is 7.05 Å². The summed E-state index contributed by atoms with van der Waals surface area (Å²) in [7, 11) is 3.19. The molecule has 1 saturated carbocycles. The molecule has 6 nitrogen and oxygen atoms in total. The molecule has 6 heteroatoms. The van der Waals surface area contributed by atoms with E-state index >= 15 is 0 Å². The largest absolute Gasteiger partial charge is 0.465 e. The van der Waals surface area contributed by atoms with Gasteiger partial charge >= 0.3 is 5.97 Å². The molecular weight excluding hydrogens is 306 g/mol. The Morgan fingerprint density at radius 2 is 2.17 bits per heavy atom. The number of carbonyl (C=O) groups excluding carboxylic acids is 1. The summed E-state index contributed by atoms with van der Waals surface area (Å²) in [6.07, 6.45) is 6.68. The number of rotatable bonds is 3. The minimum absolute atomic E-state index is 0.366. The van der Waals surface area contributed by atoms with E-state index in [4.69, 9.17) is 9.15 Å². The fourth-order valence-electron chi connectivity index (χ4n) is 4.09. The Hall–Kier alpha value is -1.98. The van der Waals surface area contributed by atoms with Crippen LogP contribution in [-0.2, 0) is 11.3 Å². The molecule has 0 aromatic carbocycles. The number of likely N-dealkylation sites (tertiary alicyclic amines) is 1. The molecule has 1 aliphatic heterocycles. The highest BCUT2D eigenvalue weighted by Gasteiger charge is 2.41. The maximum atomic E-state index is 11.7. The first-order valence-electron chi connectivity index (χ1n) is 8.70. The summed E-state index contributed by atoms with van der Waals surface area (Å²) in [4.78, 5) is 18.4. The van der Waals surface area contributed by atoms with Gasteiger partial charge in [-0.15, -0.1) is 0 Å². The number of methoxy groups -OCH3 is 1. The van der Waals surface area contributed by atoms with Gasteiger partial charge in [-0.25, -0.2) is 4.79 Å². The van der Waals surface area contributed by atoms with E-state index in [9.17, 15) is 4.79 Å². The Labute approximate surface area is 143 Å². The van der Waals surface area contributed by atoms with Crippen molar-refractivity contribution in [3.8, 4) is 0 Å². The lowest BCUT2D eigenvalue weighted by molar-refractivity contribution is 0.0599. The van der Waals surface area contributed by atoms with E-state index in [1.54, 1.807) is 13.0 Å². The number of furan rings is 1. The van der Waals surface area contributed by atoms with Crippen molar-refractivity contribution < 1.29 is 13.9 Å². The van der Waals surface area contributed by atoms with Crippen molar-refractivity contribution in [2.45, 2.75) is 45.6 Å². The number of carbonyl (C=O) groups is 1. The molecule has 0 atom stereocenters. The van der Waals surface area contributed by atoms with Crippen molar-refractivity contribution in [3.63, 3.8) is 0 Å². The number of hydrogen-bond acceptors (Lipinski definition) is 4. The van der Waals surface area contributed by atoms with Crippen LogP contribution in [-0.4, -0.2) is 44.1 Å². The third-order valence-electron chi connectivity index (χ3n) is 5.41. The second kappa shape index (κ2) is 6.87. The van der Waals surface area contributed by atoms with Crippen molar-refractivity contribution in [1.29, 1.82) is 0 Å². The zero-order valence-corrected chi connectivity index (χ0v) is 14.9. The Bertz CT molecular complexity index is 629. The first-order chi connectivity index (χ1) is 11.6. The van der Waals surface area contributed by atoms with Crippen molar-refractivity contribution in [2.75, 3.05) is 27.2 Å². The minimum atomic E-state index is -0.366. The van der Waals surface area contributed by atoms with Gasteiger partial charge in [-0.05, 0) is 37.7 Å². The van der Waals surface area contributed by atoms with Crippen LogP contribution in [0.1, 0.15) is 54.0 Å². The van der Waals surface area contributed by atoms with Gasteiger partial charge in [-0.3, -0.25) is 4.99 Å². The normalized spacial score (nSPS) is 20.0. The molecule has 24 heavy (non-hydrogen) atoms. The molecule has 1 aliphatic carbocycles. The van der Waals surface area contributed by atoms with Crippen LogP contribution in [0.2, 0.25) is 0 Å². The number of nitrogens with one attached hydrogen (secondary N) is 1. The van der Waals surface area contributed by atoms with E-state index in [0.717, 1.165) is 19.0 Å². The summed E-state index contributed by atoms with van der Waals surface area (Å²) >= 11 is 0. The molecule has 2 heterocycles. The van der Waals surface area contributed by atoms with E-state index in [2.05, 4.69) is 15.2 Å². The zero-order chi connectivity index (χ0) is 17.2. The number of esters is 1. The van der Waals surface area contributed by atoms with Crippen LogP contribution in [0.4, 0.5) is 0 Å². The first-order valence-corrected chi connectivity index (χ1v) is 8.70. The van der Waals surface area contributed by atoms with E-state index in [-0.39, 0.29) is 5.97 Å². The highest BCUT2D eigenvalue weighted by molar-refractivity contribution is 5.90. The summed E-state index contributed by atoms with van der Waals surface area (Å²) in [6, 6.07) is 1.74.